The van der Waals surface area contributed by atoms with Crippen LogP contribution in [0.2, 0.25) is 0 Å². The summed E-state index contributed by atoms with van der Waals surface area (Å²) in [7, 11) is -3.66. The van der Waals surface area contributed by atoms with Gasteiger partial charge in [0.2, 0.25) is 10.0 Å². The van der Waals surface area contributed by atoms with Crippen molar-refractivity contribution in [2.24, 2.45) is 0 Å². The highest BCUT2D eigenvalue weighted by atomic mass is 32.2. The van der Waals surface area contributed by atoms with Crippen LogP contribution in [0.1, 0.15) is 38.3 Å². The van der Waals surface area contributed by atoms with Crippen LogP contribution in [0.5, 0.6) is 0 Å². The third kappa shape index (κ3) is 5.47. The maximum absolute atomic E-state index is 12.1. The lowest BCUT2D eigenvalue weighted by atomic mass is 10.1. The molecule has 1 rings (SSSR count). The maximum atomic E-state index is 12.1. The van der Waals surface area contributed by atoms with Crippen molar-refractivity contribution in [3.8, 4) is 6.07 Å². The van der Waals surface area contributed by atoms with E-state index in [-0.39, 0.29) is 23.8 Å². The van der Waals surface area contributed by atoms with Crippen LogP contribution in [-0.2, 0) is 14.8 Å². The Balaban J connectivity index is 2.67. The van der Waals surface area contributed by atoms with Crippen LogP contribution in [0.3, 0.4) is 0 Å². The minimum Gasteiger partial charge on any atom is -0.476 e. The quantitative estimate of drug-likeness (QED) is 0.641. The summed E-state index contributed by atoms with van der Waals surface area (Å²) in [5.41, 5.74) is 0.577. The number of hydrogen-bond acceptors (Lipinski definition) is 5. The molecular formula is C15H21N3O3S. The van der Waals surface area contributed by atoms with Gasteiger partial charge in [-0.2, -0.15) is 5.26 Å². The van der Waals surface area contributed by atoms with Crippen LogP contribution in [0.25, 0.3) is 0 Å². The van der Waals surface area contributed by atoms with Crippen molar-refractivity contribution >= 4 is 15.9 Å². The lowest BCUT2D eigenvalue weighted by Crippen LogP contribution is -2.29. The number of nitrogens with zero attached hydrogens (tertiary/aromatic N) is 1. The summed E-state index contributed by atoms with van der Waals surface area (Å²) in [5, 5.41) is 16.5. The predicted octanol–water partition coefficient (Wildman–Crippen LogP) is 2.33. The van der Waals surface area contributed by atoms with Gasteiger partial charge in [0.15, 0.2) is 5.90 Å². The van der Waals surface area contributed by atoms with Crippen LogP contribution in [0.4, 0.5) is 0 Å². The van der Waals surface area contributed by atoms with E-state index in [1.54, 1.807) is 6.92 Å². The third-order valence-corrected chi connectivity index (χ3v) is 4.16. The number of nitrogens with one attached hydrogen (secondary N) is 2. The smallest absolute Gasteiger partial charge is 0.240 e. The molecule has 0 fully saturated rings. The van der Waals surface area contributed by atoms with Crippen LogP contribution >= 0.6 is 0 Å². The maximum Gasteiger partial charge on any atom is 0.240 e. The Morgan fingerprint density at radius 1 is 1.41 bits per heavy atom. The zero-order valence-corrected chi connectivity index (χ0v) is 14.0. The first-order chi connectivity index (χ1) is 10.0. The van der Waals surface area contributed by atoms with E-state index in [2.05, 4.69) is 4.72 Å². The predicted molar refractivity (Wildman–Crippen MR) is 84.3 cm³/mol. The van der Waals surface area contributed by atoms with Crippen LogP contribution in [0, 0.1) is 23.7 Å². The van der Waals surface area contributed by atoms with E-state index < -0.39 is 15.6 Å². The molecule has 1 aromatic carbocycles. The molecule has 6 nitrogen and oxygen atoms in total. The Labute approximate surface area is 131 Å². The lowest BCUT2D eigenvalue weighted by molar-refractivity contribution is 0.110. The van der Waals surface area contributed by atoms with Gasteiger partial charge in [0.25, 0.3) is 0 Å². The van der Waals surface area contributed by atoms with Gasteiger partial charge in [-0.15, -0.1) is 0 Å². The molecule has 0 amide bonds. The van der Waals surface area contributed by atoms with Gasteiger partial charge in [-0.3, -0.25) is 5.41 Å². The summed E-state index contributed by atoms with van der Waals surface area (Å²) in [6, 6.07) is 6.32. The molecule has 0 aromatic heterocycles. The first-order valence-electron chi connectivity index (χ1n) is 6.82. The van der Waals surface area contributed by atoms with E-state index in [0.29, 0.717) is 11.1 Å². The van der Waals surface area contributed by atoms with E-state index in [1.807, 2.05) is 26.8 Å². The average Bonchev–Trinajstić information content (AvgIpc) is 2.36. The number of hydrogen-bond donors (Lipinski definition) is 2. The molecule has 0 aliphatic rings. The summed E-state index contributed by atoms with van der Waals surface area (Å²) in [6.45, 7) is 7.24. The summed E-state index contributed by atoms with van der Waals surface area (Å²) >= 11 is 0. The molecule has 0 aliphatic carbocycles. The molecule has 0 atom stereocenters. The van der Waals surface area contributed by atoms with Gasteiger partial charge >= 0.3 is 0 Å². The SMILES string of the molecule is Cc1cc(S(=O)(=O)NCCC(=N)OC(C)(C)C)ccc1C#N. The van der Waals surface area contributed by atoms with Gasteiger partial charge in [0.05, 0.1) is 16.5 Å². The number of benzene rings is 1. The topological polar surface area (TPSA) is 103 Å². The van der Waals surface area contributed by atoms with E-state index >= 15 is 0 Å². The molecule has 7 heteroatoms. The molecule has 0 saturated heterocycles. The summed E-state index contributed by atoms with van der Waals surface area (Å²) in [4.78, 5) is 0.104. The van der Waals surface area contributed by atoms with Crippen molar-refractivity contribution in [3.05, 3.63) is 29.3 Å². The first-order valence-corrected chi connectivity index (χ1v) is 8.30. The van der Waals surface area contributed by atoms with Gasteiger partial charge in [-0.05, 0) is 51.5 Å². The third-order valence-electron chi connectivity index (χ3n) is 2.70. The minimum absolute atomic E-state index is 0.0335. The Kier molecular flexibility index (Phi) is 5.69. The Bertz CT molecular complexity index is 698. The molecule has 120 valence electrons. The van der Waals surface area contributed by atoms with Gasteiger partial charge in [0, 0.05) is 13.0 Å². The zero-order chi connectivity index (χ0) is 17.0. The summed E-state index contributed by atoms with van der Waals surface area (Å²) < 4.78 is 32.0. The second-order valence-electron chi connectivity index (χ2n) is 5.87. The van der Waals surface area contributed by atoms with E-state index in [0.717, 1.165) is 0 Å². The van der Waals surface area contributed by atoms with Crippen molar-refractivity contribution in [1.29, 1.82) is 10.7 Å². The zero-order valence-electron chi connectivity index (χ0n) is 13.2. The average molecular weight is 323 g/mol. The molecule has 0 saturated carbocycles. The normalized spacial score (nSPS) is 11.8. The van der Waals surface area contributed by atoms with Gasteiger partial charge in [-0.1, -0.05) is 0 Å². The molecule has 0 heterocycles. The fourth-order valence-corrected chi connectivity index (χ4v) is 2.85. The minimum atomic E-state index is -3.66. The number of sulfonamides is 1. The highest BCUT2D eigenvalue weighted by Gasteiger charge is 2.17. The molecule has 0 unspecified atom stereocenters. The monoisotopic (exact) mass is 323 g/mol. The largest absolute Gasteiger partial charge is 0.476 e. The van der Waals surface area contributed by atoms with Crippen LogP contribution in [0.15, 0.2) is 23.1 Å². The fourth-order valence-electron chi connectivity index (χ4n) is 1.73. The fraction of sp³-hybridized carbons (Fsp3) is 0.467. The van der Waals surface area contributed by atoms with Crippen molar-refractivity contribution in [3.63, 3.8) is 0 Å². The summed E-state index contributed by atoms with van der Waals surface area (Å²) in [5.74, 6) is 0.0335. The number of rotatable bonds is 5. The molecule has 0 spiro atoms. The molecule has 22 heavy (non-hydrogen) atoms. The number of nitriles is 1. The van der Waals surface area contributed by atoms with Gasteiger partial charge < -0.3 is 4.74 Å². The number of ether oxygens (including phenoxy) is 1. The first kappa shape index (κ1) is 18.1. The van der Waals surface area contributed by atoms with Crippen molar-refractivity contribution in [2.75, 3.05) is 6.54 Å². The van der Waals surface area contributed by atoms with E-state index in [9.17, 15) is 8.42 Å². The summed E-state index contributed by atoms with van der Waals surface area (Å²) in [6.07, 6.45) is 0.172. The molecular weight excluding hydrogens is 302 g/mol. The molecule has 1 aromatic rings. The molecule has 2 N–H and O–H groups in total. The Hall–Kier alpha value is -1.91. The molecule has 0 aliphatic heterocycles. The Morgan fingerprint density at radius 2 is 2.05 bits per heavy atom. The van der Waals surface area contributed by atoms with Crippen LogP contribution < -0.4 is 4.72 Å². The lowest BCUT2D eigenvalue weighted by Gasteiger charge is -2.21. The van der Waals surface area contributed by atoms with E-state index in [1.165, 1.54) is 18.2 Å². The highest BCUT2D eigenvalue weighted by molar-refractivity contribution is 7.89. The second kappa shape index (κ2) is 6.90. The van der Waals surface area contributed by atoms with Crippen LogP contribution in [-0.4, -0.2) is 26.5 Å². The number of aryl methyl sites for hydroxylation is 1. The highest BCUT2D eigenvalue weighted by Crippen LogP contribution is 2.15. The van der Waals surface area contributed by atoms with Gasteiger partial charge in [0.1, 0.15) is 5.60 Å². The van der Waals surface area contributed by atoms with Crippen molar-refractivity contribution in [1.82, 2.24) is 4.72 Å². The standard InChI is InChI=1S/C15H21N3O3S/c1-11-9-13(6-5-12(11)10-16)22(19,20)18-8-7-14(17)21-15(2,3)4/h5-6,9,17-18H,7-8H2,1-4H3. The van der Waals surface area contributed by atoms with E-state index in [4.69, 9.17) is 15.4 Å². The van der Waals surface area contributed by atoms with Gasteiger partial charge in [-0.25, -0.2) is 13.1 Å². The van der Waals surface area contributed by atoms with Crippen molar-refractivity contribution in [2.45, 2.75) is 44.6 Å². The molecule has 0 radical (unpaired) electrons. The second-order valence-corrected chi connectivity index (χ2v) is 7.64. The van der Waals surface area contributed by atoms with Crippen molar-refractivity contribution < 1.29 is 13.2 Å². The Morgan fingerprint density at radius 3 is 2.55 bits per heavy atom. The molecule has 0 bridgehead atoms.